The van der Waals surface area contributed by atoms with Crippen LogP contribution in [-0.4, -0.2) is 83.2 Å². The van der Waals surface area contributed by atoms with Gasteiger partial charge in [0.1, 0.15) is 6.04 Å². The van der Waals surface area contributed by atoms with E-state index in [2.05, 4.69) is 32.3 Å². The molecule has 3 unspecified atom stereocenters. The van der Waals surface area contributed by atoms with Gasteiger partial charge in [-0.15, -0.1) is 18.3 Å². The van der Waals surface area contributed by atoms with Crippen LogP contribution in [0.3, 0.4) is 0 Å². The van der Waals surface area contributed by atoms with Crippen LogP contribution in [0.1, 0.15) is 59.8 Å². The maximum Gasteiger partial charge on any atom is 0.310 e. The normalized spacial score (nSPS) is 28.1. The van der Waals surface area contributed by atoms with Gasteiger partial charge in [0.2, 0.25) is 5.91 Å². The Hall–Kier alpha value is -2.52. The molecule has 6 atom stereocenters. The molecular weight excluding hydrogens is 538 g/mol. The third-order valence-electron chi connectivity index (χ3n) is 9.21. The lowest BCUT2D eigenvalue weighted by atomic mass is 9.66. The highest BCUT2D eigenvalue weighted by Crippen LogP contribution is 2.68. The van der Waals surface area contributed by atoms with Crippen LogP contribution in [0.25, 0.3) is 0 Å². The molecule has 8 nitrogen and oxygen atoms in total. The Labute approximate surface area is 249 Å². The first kappa shape index (κ1) is 31.4. The van der Waals surface area contributed by atoms with Gasteiger partial charge in [0, 0.05) is 49.4 Å². The maximum absolute atomic E-state index is 14.7. The topological polar surface area (TPSA) is 90.4 Å². The number of hydrogen-bond acceptors (Lipinski definition) is 7. The van der Waals surface area contributed by atoms with Crippen LogP contribution in [-0.2, 0) is 19.1 Å². The van der Waals surface area contributed by atoms with E-state index >= 15 is 0 Å². The van der Waals surface area contributed by atoms with Crippen molar-refractivity contribution in [3.05, 3.63) is 36.9 Å². The highest BCUT2D eigenvalue weighted by atomic mass is 32.2. The van der Waals surface area contributed by atoms with Gasteiger partial charge in [-0.3, -0.25) is 14.4 Å². The van der Waals surface area contributed by atoms with Crippen molar-refractivity contribution in [1.29, 1.82) is 0 Å². The Balaban J connectivity index is 1.72. The zero-order valence-corrected chi connectivity index (χ0v) is 25.9. The van der Waals surface area contributed by atoms with E-state index in [-0.39, 0.29) is 42.2 Å². The lowest BCUT2D eigenvalue weighted by molar-refractivity contribution is -0.154. The molecule has 3 heterocycles. The first-order chi connectivity index (χ1) is 19.8. The maximum atomic E-state index is 14.7. The van der Waals surface area contributed by atoms with Crippen LogP contribution < -0.4 is 9.80 Å². The number of aliphatic hydroxyl groups is 1. The van der Waals surface area contributed by atoms with Crippen LogP contribution in [0.15, 0.2) is 36.9 Å². The molecule has 0 aromatic heterocycles. The minimum Gasteiger partial charge on any atom is -0.466 e. The van der Waals surface area contributed by atoms with Gasteiger partial charge in [0.15, 0.2) is 0 Å². The summed E-state index contributed by atoms with van der Waals surface area (Å²) in [6, 6.07) is 7.36. The molecule has 0 saturated carbocycles. The van der Waals surface area contributed by atoms with Crippen molar-refractivity contribution in [3.63, 3.8) is 0 Å². The third kappa shape index (κ3) is 5.64. The molecule has 2 amide bonds. The molecule has 3 aliphatic heterocycles. The predicted molar refractivity (Wildman–Crippen MR) is 165 cm³/mol. The Morgan fingerprint density at radius 3 is 2.39 bits per heavy atom. The van der Waals surface area contributed by atoms with Crippen molar-refractivity contribution >= 4 is 40.9 Å². The van der Waals surface area contributed by atoms with Crippen LogP contribution >= 0.6 is 11.8 Å². The Kier molecular flexibility index (Phi) is 10.4. The molecule has 9 heteroatoms. The minimum atomic E-state index is -0.679. The minimum absolute atomic E-state index is 0.0267. The van der Waals surface area contributed by atoms with E-state index in [9.17, 15) is 19.5 Å². The van der Waals surface area contributed by atoms with Crippen molar-refractivity contribution in [2.24, 2.45) is 17.8 Å². The number of fused-ring (bicyclic) bond motifs is 1. The molecule has 0 radical (unpaired) electrons. The highest BCUT2D eigenvalue weighted by molar-refractivity contribution is 8.02. The second kappa shape index (κ2) is 13.6. The van der Waals surface area contributed by atoms with E-state index in [1.165, 1.54) is 0 Å². The first-order valence-corrected chi connectivity index (χ1v) is 16.2. The number of carbonyl (C=O) groups excluding carboxylic acids is 3. The molecule has 0 aliphatic carbocycles. The standard InChI is InChI=1S/C32H47N3O5S/c1-6-18-34(24-16-14-23(15-17-24)33(7-2)8-3)30(38)28-32-22(5)21-25(41-32)26(31(39)40-9-4)27(32)29(37)35(28)19-12-10-11-13-20-36/h6,14-17,22,25-28,36H,1,7-13,18-21H2,2-5H3/t22?,25-,26+,27-,28?,32?/m0/s1. The number of unbranched alkanes of at least 4 members (excludes halogenated alkanes) is 3. The largest absolute Gasteiger partial charge is 0.466 e. The van der Waals surface area contributed by atoms with Gasteiger partial charge in [-0.1, -0.05) is 25.8 Å². The fourth-order valence-electron chi connectivity index (χ4n) is 7.33. The van der Waals surface area contributed by atoms with E-state index < -0.39 is 22.6 Å². The summed E-state index contributed by atoms with van der Waals surface area (Å²) in [6.45, 7) is 15.1. The fraction of sp³-hybridized carbons (Fsp3) is 0.656. The third-order valence-corrected chi connectivity index (χ3v) is 11.3. The summed E-state index contributed by atoms with van der Waals surface area (Å²) in [5.74, 6) is -1.53. The van der Waals surface area contributed by atoms with Gasteiger partial charge in [0.25, 0.3) is 5.91 Å². The first-order valence-electron chi connectivity index (χ1n) is 15.3. The smallest absolute Gasteiger partial charge is 0.310 e. The van der Waals surface area contributed by atoms with Gasteiger partial charge in [0.05, 0.1) is 23.2 Å². The number of hydrogen-bond donors (Lipinski definition) is 1. The van der Waals surface area contributed by atoms with Crippen LogP contribution in [0.5, 0.6) is 0 Å². The molecule has 1 aromatic rings. The van der Waals surface area contributed by atoms with Gasteiger partial charge in [-0.2, -0.15) is 0 Å². The summed E-state index contributed by atoms with van der Waals surface area (Å²) in [5, 5.41) is 9.16. The molecule has 4 rings (SSSR count). The zero-order chi connectivity index (χ0) is 29.7. The predicted octanol–water partition coefficient (Wildman–Crippen LogP) is 4.50. The summed E-state index contributed by atoms with van der Waals surface area (Å²) in [6.07, 6.45) is 5.70. The SMILES string of the molecule is C=CCN(C(=O)C1N(CCCCCCO)C(=O)[C@@H]2[C@H](C(=O)OCC)[C@@H]3CC(C)C12S3)c1ccc(N(CC)CC)cc1. The van der Waals surface area contributed by atoms with E-state index in [1.54, 1.807) is 34.6 Å². The summed E-state index contributed by atoms with van der Waals surface area (Å²) in [7, 11) is 0. The number of anilines is 2. The number of likely N-dealkylation sites (tertiary alicyclic amines) is 1. The molecular formula is C32H47N3O5S. The van der Waals surface area contributed by atoms with Crippen molar-refractivity contribution in [2.45, 2.75) is 75.8 Å². The van der Waals surface area contributed by atoms with Crippen LogP contribution in [0.4, 0.5) is 11.4 Å². The summed E-state index contributed by atoms with van der Waals surface area (Å²) < 4.78 is 4.79. The van der Waals surface area contributed by atoms with Crippen LogP contribution in [0.2, 0.25) is 0 Å². The van der Waals surface area contributed by atoms with E-state index in [0.29, 0.717) is 13.1 Å². The molecule has 226 valence electrons. The molecule has 1 aromatic carbocycles. The zero-order valence-electron chi connectivity index (χ0n) is 25.1. The molecule has 3 aliphatic rings. The average molecular weight is 586 g/mol. The number of ether oxygens (including phenoxy) is 1. The number of nitrogens with zero attached hydrogens (tertiary/aromatic N) is 3. The molecule has 1 spiro atoms. The second-order valence-electron chi connectivity index (χ2n) is 11.4. The van der Waals surface area contributed by atoms with Gasteiger partial charge >= 0.3 is 5.97 Å². The lowest BCUT2D eigenvalue weighted by Crippen LogP contribution is -2.57. The number of carbonyl (C=O) groups is 3. The van der Waals surface area contributed by atoms with Gasteiger partial charge < -0.3 is 24.5 Å². The van der Waals surface area contributed by atoms with Gasteiger partial charge in [-0.25, -0.2) is 0 Å². The quantitative estimate of drug-likeness (QED) is 0.184. The fourth-order valence-corrected chi connectivity index (χ4v) is 9.73. The Morgan fingerprint density at radius 2 is 1.78 bits per heavy atom. The Morgan fingerprint density at radius 1 is 1.12 bits per heavy atom. The Bertz CT molecular complexity index is 1090. The van der Waals surface area contributed by atoms with Crippen molar-refractivity contribution < 1.29 is 24.2 Å². The van der Waals surface area contributed by atoms with Crippen LogP contribution in [0, 0.1) is 17.8 Å². The van der Waals surface area contributed by atoms with E-state index in [4.69, 9.17) is 4.74 Å². The lowest BCUT2D eigenvalue weighted by Gasteiger charge is -2.40. The molecule has 2 bridgehead atoms. The number of benzene rings is 1. The summed E-state index contributed by atoms with van der Waals surface area (Å²) >= 11 is 1.68. The molecule has 41 heavy (non-hydrogen) atoms. The van der Waals surface area contributed by atoms with E-state index in [0.717, 1.165) is 56.6 Å². The molecule has 3 fully saturated rings. The number of aliphatic hydroxyl groups excluding tert-OH is 1. The number of thioether (sulfide) groups is 1. The average Bonchev–Trinajstić information content (AvgIpc) is 3.56. The molecule has 1 N–H and O–H groups in total. The summed E-state index contributed by atoms with van der Waals surface area (Å²) in [4.78, 5) is 48.0. The van der Waals surface area contributed by atoms with Crippen molar-refractivity contribution in [3.8, 4) is 0 Å². The number of rotatable bonds is 15. The highest BCUT2D eigenvalue weighted by Gasteiger charge is 2.76. The van der Waals surface area contributed by atoms with Crippen molar-refractivity contribution in [2.75, 3.05) is 49.2 Å². The van der Waals surface area contributed by atoms with Crippen molar-refractivity contribution in [1.82, 2.24) is 4.90 Å². The van der Waals surface area contributed by atoms with E-state index in [1.807, 2.05) is 24.3 Å². The number of esters is 1. The summed E-state index contributed by atoms with van der Waals surface area (Å²) in [5.41, 5.74) is 1.87. The monoisotopic (exact) mass is 585 g/mol. The number of amides is 2. The van der Waals surface area contributed by atoms with Gasteiger partial charge in [-0.05, 0) is 70.2 Å². The molecule has 3 saturated heterocycles. The second-order valence-corrected chi connectivity index (χ2v) is 12.9.